The second-order valence-electron chi connectivity index (χ2n) is 10.6. The lowest BCUT2D eigenvalue weighted by Crippen LogP contribution is -2.56. The van der Waals surface area contributed by atoms with Gasteiger partial charge in [0.2, 0.25) is 5.91 Å². The Morgan fingerprint density at radius 3 is 2.56 bits per heavy atom. The van der Waals surface area contributed by atoms with Gasteiger partial charge in [-0.3, -0.25) is 4.79 Å². The lowest BCUT2D eigenvalue weighted by atomic mass is 9.68. The minimum absolute atomic E-state index is 0.0175. The summed E-state index contributed by atoms with van der Waals surface area (Å²) in [6, 6.07) is 6.61. The van der Waals surface area contributed by atoms with E-state index < -0.39 is 18.2 Å². The van der Waals surface area contributed by atoms with Gasteiger partial charge in [0, 0.05) is 19.3 Å². The van der Waals surface area contributed by atoms with Crippen molar-refractivity contribution in [3.63, 3.8) is 0 Å². The molecule has 198 valence electrons. The number of rotatable bonds is 9. The molecular weight excluding hydrogens is 462 g/mol. The van der Waals surface area contributed by atoms with Crippen LogP contribution >= 0.6 is 0 Å². The van der Waals surface area contributed by atoms with E-state index in [1.807, 2.05) is 12.1 Å². The molecule has 4 rings (SSSR count). The van der Waals surface area contributed by atoms with Crippen molar-refractivity contribution in [1.82, 2.24) is 5.32 Å². The number of alkyl carbamates (subject to hydrolysis) is 1. The van der Waals surface area contributed by atoms with Gasteiger partial charge in [-0.25, -0.2) is 4.79 Å². The van der Waals surface area contributed by atoms with Crippen LogP contribution in [0.3, 0.4) is 0 Å². The van der Waals surface area contributed by atoms with E-state index in [4.69, 9.17) is 24.7 Å². The van der Waals surface area contributed by atoms with E-state index in [-0.39, 0.29) is 35.2 Å². The maximum atomic E-state index is 12.7. The summed E-state index contributed by atoms with van der Waals surface area (Å²) in [7, 11) is 1.66. The van der Waals surface area contributed by atoms with Gasteiger partial charge < -0.3 is 35.3 Å². The number of benzene rings is 1. The number of amides is 2. The van der Waals surface area contributed by atoms with Crippen LogP contribution in [0.25, 0.3) is 0 Å². The molecule has 7 atom stereocenters. The van der Waals surface area contributed by atoms with Gasteiger partial charge in [-0.15, -0.1) is 0 Å². The lowest BCUT2D eigenvalue weighted by molar-refractivity contribution is -0.118. The number of nitrogens with two attached hydrogens (primary N) is 1. The highest BCUT2D eigenvalue weighted by Gasteiger charge is 2.72. The summed E-state index contributed by atoms with van der Waals surface area (Å²) in [5.74, 6) is -0.272. The molecule has 1 aromatic carbocycles. The van der Waals surface area contributed by atoms with Crippen LogP contribution in [-0.4, -0.2) is 61.3 Å². The average molecular weight is 502 g/mol. The number of anilines is 1. The lowest BCUT2D eigenvalue weighted by Gasteiger charge is -2.42. The molecule has 0 aromatic heterocycles. The maximum absolute atomic E-state index is 12.7. The highest BCUT2D eigenvalue weighted by atomic mass is 16.6. The molecule has 1 saturated carbocycles. The molecule has 1 spiro atoms. The predicted molar refractivity (Wildman–Crippen MR) is 135 cm³/mol. The normalized spacial score (nSPS) is 33.4. The zero-order chi connectivity index (χ0) is 26.1. The number of hydrogen-bond acceptors (Lipinski definition) is 7. The van der Waals surface area contributed by atoms with E-state index >= 15 is 0 Å². The van der Waals surface area contributed by atoms with E-state index in [9.17, 15) is 9.59 Å². The second kappa shape index (κ2) is 10.5. The number of methoxy groups -OCH3 is 1. The topological polar surface area (TPSA) is 128 Å². The van der Waals surface area contributed by atoms with Crippen LogP contribution < -0.4 is 16.4 Å². The highest BCUT2D eigenvalue weighted by Crippen LogP contribution is 2.59. The zero-order valence-corrected chi connectivity index (χ0v) is 21.8. The third-order valence-electron chi connectivity index (χ3n) is 7.57. The fraction of sp³-hybridized carbons (Fsp3) is 0.630. The monoisotopic (exact) mass is 501 g/mol. The fourth-order valence-corrected chi connectivity index (χ4v) is 5.39. The standard InChI is InChI=1S/C27H39N3O6/c1-16(2)6-11-21-26(4,36-21)23-22(33-5)20(12-13-27(23)15-34-27)35-25(32)29-14-18-7-9-19(10-8-18)30-24(31)17(3)28/h6-10,17,20-23H,11-15,28H2,1-5H3,(H,29,32)(H,30,31)/t17-,20+,21+,22+,23+,26+,27-/m0/s1. The Morgan fingerprint density at radius 1 is 1.28 bits per heavy atom. The molecule has 0 bridgehead atoms. The SMILES string of the molecule is CO[C@@H]1[C@H](OC(=O)NCc2ccc(NC(=O)[C@H](C)N)cc2)CC[C@]2(CO2)[C@H]1[C@]1(C)O[C@@H]1CC=C(C)C. The Hall–Kier alpha value is -2.46. The predicted octanol–water partition coefficient (Wildman–Crippen LogP) is 3.27. The Bertz CT molecular complexity index is 986. The Balaban J connectivity index is 1.33. The largest absolute Gasteiger partial charge is 0.443 e. The molecule has 1 aromatic rings. The van der Waals surface area contributed by atoms with Gasteiger partial charge in [0.1, 0.15) is 23.4 Å². The van der Waals surface area contributed by atoms with Crippen LogP contribution in [0.2, 0.25) is 0 Å². The molecular formula is C27H39N3O6. The summed E-state index contributed by atoms with van der Waals surface area (Å²) in [5, 5.41) is 5.56. The van der Waals surface area contributed by atoms with E-state index in [1.165, 1.54) is 5.57 Å². The van der Waals surface area contributed by atoms with E-state index in [2.05, 4.69) is 37.5 Å². The second-order valence-corrected chi connectivity index (χ2v) is 10.6. The molecule has 2 aliphatic heterocycles. The Kier molecular flexibility index (Phi) is 7.75. The van der Waals surface area contributed by atoms with Crippen molar-refractivity contribution in [3.8, 4) is 0 Å². The van der Waals surface area contributed by atoms with Gasteiger partial charge in [-0.1, -0.05) is 23.8 Å². The molecule has 3 fully saturated rings. The Labute approximate surface area is 213 Å². The van der Waals surface area contributed by atoms with Crippen molar-refractivity contribution in [2.75, 3.05) is 19.0 Å². The minimum atomic E-state index is -0.588. The minimum Gasteiger partial charge on any atom is -0.443 e. The van der Waals surface area contributed by atoms with E-state index in [0.29, 0.717) is 25.3 Å². The Morgan fingerprint density at radius 2 is 1.97 bits per heavy atom. The number of allylic oxidation sites excluding steroid dienone is 1. The van der Waals surface area contributed by atoms with E-state index in [0.717, 1.165) is 18.4 Å². The van der Waals surface area contributed by atoms with Gasteiger partial charge in [-0.05, 0) is 64.7 Å². The van der Waals surface area contributed by atoms with Crippen LogP contribution in [0.5, 0.6) is 0 Å². The van der Waals surface area contributed by atoms with E-state index in [1.54, 1.807) is 26.2 Å². The van der Waals surface area contributed by atoms with Gasteiger partial charge in [-0.2, -0.15) is 0 Å². The summed E-state index contributed by atoms with van der Waals surface area (Å²) < 4.78 is 24.0. The van der Waals surface area contributed by atoms with Gasteiger partial charge in [0.25, 0.3) is 0 Å². The highest BCUT2D eigenvalue weighted by molar-refractivity contribution is 5.94. The van der Waals surface area contributed by atoms with Gasteiger partial charge in [0.05, 0.1) is 24.7 Å². The molecule has 1 aliphatic carbocycles. The molecule has 0 unspecified atom stereocenters. The van der Waals surface area contributed by atoms with Crippen molar-refractivity contribution in [2.24, 2.45) is 11.7 Å². The van der Waals surface area contributed by atoms with Crippen molar-refractivity contribution in [3.05, 3.63) is 41.5 Å². The molecule has 2 saturated heterocycles. The quantitative estimate of drug-likeness (QED) is 0.350. The molecule has 9 nitrogen and oxygen atoms in total. The van der Waals surface area contributed by atoms with Crippen molar-refractivity contribution < 1.29 is 28.5 Å². The molecule has 2 amide bonds. The van der Waals surface area contributed by atoms with Crippen LogP contribution in [-0.2, 0) is 30.3 Å². The first-order valence-corrected chi connectivity index (χ1v) is 12.7. The third kappa shape index (κ3) is 5.75. The van der Waals surface area contributed by atoms with Gasteiger partial charge >= 0.3 is 6.09 Å². The van der Waals surface area contributed by atoms with Crippen LogP contribution in [0.4, 0.5) is 10.5 Å². The molecule has 3 aliphatic rings. The number of carbonyl (C=O) groups excluding carboxylic acids is 2. The summed E-state index contributed by atoms with van der Waals surface area (Å²) in [6.45, 7) is 8.90. The molecule has 4 N–H and O–H groups in total. The number of carbonyl (C=O) groups is 2. The van der Waals surface area contributed by atoms with Crippen LogP contribution in [0, 0.1) is 5.92 Å². The summed E-state index contributed by atoms with van der Waals surface area (Å²) >= 11 is 0. The first-order valence-electron chi connectivity index (χ1n) is 12.7. The number of hydrogen-bond donors (Lipinski definition) is 3. The fourth-order valence-electron chi connectivity index (χ4n) is 5.39. The van der Waals surface area contributed by atoms with Crippen molar-refractivity contribution in [2.45, 2.75) is 89.1 Å². The van der Waals surface area contributed by atoms with Crippen molar-refractivity contribution in [1.29, 1.82) is 0 Å². The average Bonchev–Trinajstić information content (AvgIpc) is 3.75. The third-order valence-corrected chi connectivity index (χ3v) is 7.57. The van der Waals surface area contributed by atoms with Crippen molar-refractivity contribution >= 4 is 17.7 Å². The van der Waals surface area contributed by atoms with Crippen LogP contribution in [0.1, 0.15) is 52.5 Å². The number of nitrogens with one attached hydrogen (secondary N) is 2. The molecule has 2 heterocycles. The first kappa shape index (κ1) is 26.6. The van der Waals surface area contributed by atoms with Gasteiger partial charge in [0.15, 0.2) is 0 Å². The summed E-state index contributed by atoms with van der Waals surface area (Å²) in [5.41, 5.74) is 7.73. The smallest absolute Gasteiger partial charge is 0.407 e. The summed E-state index contributed by atoms with van der Waals surface area (Å²) in [6.07, 6.45) is 3.42. The zero-order valence-electron chi connectivity index (χ0n) is 21.8. The number of epoxide rings is 2. The first-order chi connectivity index (χ1) is 17.1. The summed E-state index contributed by atoms with van der Waals surface area (Å²) in [4.78, 5) is 24.4. The van der Waals surface area contributed by atoms with Crippen LogP contribution in [0.15, 0.2) is 35.9 Å². The molecule has 9 heteroatoms. The maximum Gasteiger partial charge on any atom is 0.407 e. The number of ether oxygens (including phenoxy) is 4. The molecule has 36 heavy (non-hydrogen) atoms. The molecule has 0 radical (unpaired) electrons.